The number of hydrogen-bond acceptors (Lipinski definition) is 4. The molecular formula is C12H13FN2O4. The van der Waals surface area contributed by atoms with Crippen molar-refractivity contribution in [2.24, 2.45) is 0 Å². The van der Waals surface area contributed by atoms with Crippen LogP contribution >= 0.6 is 0 Å². The number of rotatable bonds is 2. The van der Waals surface area contributed by atoms with Crippen LogP contribution in [0.1, 0.15) is 23.7 Å². The minimum Gasteiger partial charge on any atom is -0.388 e. The number of carbonyl (C=O) groups is 1. The summed E-state index contributed by atoms with van der Waals surface area (Å²) in [4.78, 5) is 23.1. The van der Waals surface area contributed by atoms with Crippen LogP contribution < -0.4 is 0 Å². The summed E-state index contributed by atoms with van der Waals surface area (Å²) in [6, 6.07) is 2.91. The second-order valence-electron chi connectivity index (χ2n) is 4.89. The smallest absolute Gasteiger partial charge is 0.272 e. The van der Waals surface area contributed by atoms with Gasteiger partial charge in [-0.1, -0.05) is 0 Å². The fourth-order valence-electron chi connectivity index (χ4n) is 2.08. The summed E-state index contributed by atoms with van der Waals surface area (Å²) in [5.74, 6) is -1.49. The van der Waals surface area contributed by atoms with E-state index in [1.54, 1.807) is 6.92 Å². The molecule has 1 amide bonds. The molecule has 6 nitrogen and oxygen atoms in total. The van der Waals surface area contributed by atoms with E-state index in [0.29, 0.717) is 13.0 Å². The second kappa shape index (κ2) is 4.58. The zero-order valence-electron chi connectivity index (χ0n) is 10.3. The Morgan fingerprint density at radius 3 is 2.74 bits per heavy atom. The molecule has 0 aromatic heterocycles. The third-order valence-electron chi connectivity index (χ3n) is 3.13. The SMILES string of the molecule is CC1(O)CCN(C(=O)c2ccc([N+](=O)[O-])cc2F)C1. The molecular weight excluding hydrogens is 255 g/mol. The number of hydrogen-bond donors (Lipinski definition) is 1. The highest BCUT2D eigenvalue weighted by Gasteiger charge is 2.35. The van der Waals surface area contributed by atoms with Crippen molar-refractivity contribution in [1.29, 1.82) is 0 Å². The fraction of sp³-hybridized carbons (Fsp3) is 0.417. The number of carbonyl (C=O) groups excluding carboxylic acids is 1. The van der Waals surface area contributed by atoms with E-state index < -0.39 is 27.9 Å². The second-order valence-corrected chi connectivity index (χ2v) is 4.89. The summed E-state index contributed by atoms with van der Waals surface area (Å²) in [6.45, 7) is 2.07. The van der Waals surface area contributed by atoms with Crippen molar-refractivity contribution in [3.63, 3.8) is 0 Å². The van der Waals surface area contributed by atoms with Crippen LogP contribution in [0.25, 0.3) is 0 Å². The lowest BCUT2D eigenvalue weighted by Crippen LogP contribution is -2.34. The average Bonchev–Trinajstić information content (AvgIpc) is 2.68. The minimum absolute atomic E-state index is 0.127. The largest absolute Gasteiger partial charge is 0.388 e. The van der Waals surface area contributed by atoms with Crippen molar-refractivity contribution in [1.82, 2.24) is 4.90 Å². The molecule has 1 N–H and O–H groups in total. The number of nitro groups is 1. The van der Waals surface area contributed by atoms with Crippen molar-refractivity contribution < 1.29 is 19.2 Å². The lowest BCUT2D eigenvalue weighted by molar-refractivity contribution is -0.385. The first kappa shape index (κ1) is 13.4. The van der Waals surface area contributed by atoms with Gasteiger partial charge < -0.3 is 10.0 Å². The topological polar surface area (TPSA) is 83.7 Å². The Morgan fingerprint density at radius 1 is 1.58 bits per heavy atom. The lowest BCUT2D eigenvalue weighted by atomic mass is 10.1. The van der Waals surface area contributed by atoms with Gasteiger partial charge in [-0.25, -0.2) is 4.39 Å². The van der Waals surface area contributed by atoms with Crippen LogP contribution in [0.4, 0.5) is 10.1 Å². The Bertz CT molecular complexity index is 545. The molecule has 1 aromatic carbocycles. The van der Waals surface area contributed by atoms with Crippen LogP contribution in [0.2, 0.25) is 0 Å². The van der Waals surface area contributed by atoms with Gasteiger partial charge in [0.05, 0.1) is 22.2 Å². The monoisotopic (exact) mass is 268 g/mol. The van der Waals surface area contributed by atoms with Crippen molar-refractivity contribution in [3.8, 4) is 0 Å². The Morgan fingerprint density at radius 2 is 2.26 bits per heavy atom. The molecule has 0 bridgehead atoms. The third kappa shape index (κ3) is 2.70. The predicted octanol–water partition coefficient (Wildman–Crippen LogP) is 1.33. The molecule has 0 spiro atoms. The van der Waals surface area contributed by atoms with Gasteiger partial charge in [-0.05, 0) is 19.4 Å². The van der Waals surface area contributed by atoms with Gasteiger partial charge in [0.1, 0.15) is 5.82 Å². The fourth-order valence-corrected chi connectivity index (χ4v) is 2.08. The molecule has 0 saturated carbocycles. The minimum atomic E-state index is -0.965. The van der Waals surface area contributed by atoms with Crippen LogP contribution in [-0.4, -0.2) is 39.5 Å². The molecule has 1 saturated heterocycles. The number of aliphatic hydroxyl groups is 1. The van der Waals surface area contributed by atoms with Gasteiger partial charge in [-0.15, -0.1) is 0 Å². The normalized spacial score (nSPS) is 22.6. The number of non-ortho nitro benzene ring substituents is 1. The van der Waals surface area contributed by atoms with Crippen molar-refractivity contribution >= 4 is 11.6 Å². The standard InChI is InChI=1S/C12H13FN2O4/c1-12(17)4-5-14(7-12)11(16)9-3-2-8(15(18)19)6-10(9)13/h2-3,6,17H,4-5,7H2,1H3. The van der Waals surface area contributed by atoms with E-state index >= 15 is 0 Å². The third-order valence-corrected chi connectivity index (χ3v) is 3.13. The van der Waals surface area contributed by atoms with E-state index in [1.165, 1.54) is 4.90 Å². The number of amides is 1. The van der Waals surface area contributed by atoms with E-state index in [1.807, 2.05) is 0 Å². The molecule has 1 fully saturated rings. The van der Waals surface area contributed by atoms with E-state index in [4.69, 9.17) is 0 Å². The van der Waals surface area contributed by atoms with Crippen molar-refractivity contribution in [2.75, 3.05) is 13.1 Å². The molecule has 1 aromatic rings. The molecule has 7 heteroatoms. The summed E-state index contributed by atoms with van der Waals surface area (Å²) in [7, 11) is 0. The quantitative estimate of drug-likeness (QED) is 0.648. The highest BCUT2D eigenvalue weighted by Crippen LogP contribution is 2.24. The highest BCUT2D eigenvalue weighted by molar-refractivity contribution is 5.95. The number of halogens is 1. The summed E-state index contributed by atoms with van der Waals surface area (Å²) in [5, 5.41) is 20.3. The number of nitro benzene ring substituents is 1. The van der Waals surface area contributed by atoms with Crippen molar-refractivity contribution in [3.05, 3.63) is 39.7 Å². The van der Waals surface area contributed by atoms with Crippen LogP contribution in [0.15, 0.2) is 18.2 Å². The molecule has 1 unspecified atom stereocenters. The van der Waals surface area contributed by atoms with E-state index in [9.17, 15) is 24.4 Å². The highest BCUT2D eigenvalue weighted by atomic mass is 19.1. The Hall–Kier alpha value is -2.02. The maximum Gasteiger partial charge on any atom is 0.272 e. The molecule has 1 aliphatic rings. The number of nitrogens with zero attached hydrogens (tertiary/aromatic N) is 2. The Labute approximate surface area is 108 Å². The van der Waals surface area contributed by atoms with Crippen molar-refractivity contribution in [2.45, 2.75) is 18.9 Å². The van der Waals surface area contributed by atoms with Gasteiger partial charge in [0.25, 0.3) is 11.6 Å². The Kier molecular flexibility index (Phi) is 3.23. The molecule has 19 heavy (non-hydrogen) atoms. The van der Waals surface area contributed by atoms with E-state index in [-0.39, 0.29) is 12.1 Å². The van der Waals surface area contributed by atoms with Gasteiger partial charge in [0.15, 0.2) is 0 Å². The maximum atomic E-state index is 13.7. The van der Waals surface area contributed by atoms with Gasteiger partial charge in [0, 0.05) is 19.2 Å². The Balaban J connectivity index is 2.23. The molecule has 2 rings (SSSR count). The summed E-state index contributed by atoms with van der Waals surface area (Å²) < 4.78 is 13.7. The number of β-amino-alcohol motifs (C(OH)–C–C–N with tert-alkyl or cyclic N) is 1. The number of likely N-dealkylation sites (tertiary alicyclic amines) is 1. The first-order chi connectivity index (χ1) is 8.80. The molecule has 102 valence electrons. The maximum absolute atomic E-state index is 13.7. The first-order valence-electron chi connectivity index (χ1n) is 5.76. The van der Waals surface area contributed by atoms with E-state index in [2.05, 4.69) is 0 Å². The predicted molar refractivity (Wildman–Crippen MR) is 64.2 cm³/mol. The zero-order valence-corrected chi connectivity index (χ0v) is 10.3. The van der Waals surface area contributed by atoms with Crippen LogP contribution in [-0.2, 0) is 0 Å². The van der Waals surface area contributed by atoms with Crippen LogP contribution in [0, 0.1) is 15.9 Å². The molecule has 1 atom stereocenters. The summed E-state index contributed by atoms with van der Waals surface area (Å²) in [6.07, 6.45) is 0.424. The molecule has 0 aliphatic carbocycles. The van der Waals surface area contributed by atoms with Gasteiger partial charge in [-0.3, -0.25) is 14.9 Å². The molecule has 0 radical (unpaired) electrons. The van der Waals surface area contributed by atoms with Crippen LogP contribution in [0.3, 0.4) is 0 Å². The first-order valence-corrected chi connectivity index (χ1v) is 5.76. The van der Waals surface area contributed by atoms with Gasteiger partial charge >= 0.3 is 0 Å². The lowest BCUT2D eigenvalue weighted by Gasteiger charge is -2.19. The van der Waals surface area contributed by atoms with Gasteiger partial charge in [-0.2, -0.15) is 0 Å². The van der Waals surface area contributed by atoms with E-state index in [0.717, 1.165) is 18.2 Å². The summed E-state index contributed by atoms with van der Waals surface area (Å²) in [5.41, 5.74) is -1.59. The molecule has 1 aliphatic heterocycles. The van der Waals surface area contributed by atoms with Gasteiger partial charge in [0.2, 0.25) is 0 Å². The van der Waals surface area contributed by atoms with Crippen LogP contribution in [0.5, 0.6) is 0 Å². The summed E-state index contributed by atoms with van der Waals surface area (Å²) >= 11 is 0. The average molecular weight is 268 g/mol. The zero-order chi connectivity index (χ0) is 14.2. The molecule has 1 heterocycles. The number of benzene rings is 1.